The van der Waals surface area contributed by atoms with Crippen LogP contribution in [-0.2, 0) is 13.2 Å². The maximum Gasteiger partial charge on any atom is 0.124 e. The molecule has 0 unspecified atom stereocenters. The molecule has 1 atom stereocenters. The van der Waals surface area contributed by atoms with Crippen molar-refractivity contribution in [3.8, 4) is 5.75 Å². The van der Waals surface area contributed by atoms with Gasteiger partial charge in [0.05, 0.1) is 6.10 Å². The summed E-state index contributed by atoms with van der Waals surface area (Å²) in [7, 11) is 0. The SMILES string of the molecule is C[C@H](O)CNCCNCc1c(OCc2ccccc2)ccc2ccccc12. The van der Waals surface area contributed by atoms with E-state index in [0.29, 0.717) is 13.2 Å². The highest BCUT2D eigenvalue weighted by molar-refractivity contribution is 5.87. The molecule has 0 spiro atoms. The molecule has 0 aliphatic rings. The van der Waals surface area contributed by atoms with Crippen molar-refractivity contribution in [1.82, 2.24) is 10.6 Å². The van der Waals surface area contributed by atoms with Crippen LogP contribution in [-0.4, -0.2) is 30.8 Å². The zero-order valence-corrected chi connectivity index (χ0v) is 15.8. The maximum absolute atomic E-state index is 9.30. The number of rotatable bonds is 10. The van der Waals surface area contributed by atoms with E-state index in [4.69, 9.17) is 4.74 Å². The van der Waals surface area contributed by atoms with E-state index in [1.54, 1.807) is 6.92 Å². The molecule has 4 heteroatoms. The minimum absolute atomic E-state index is 0.318. The second-order valence-electron chi connectivity index (χ2n) is 6.77. The van der Waals surface area contributed by atoms with Gasteiger partial charge in [0.15, 0.2) is 0 Å². The number of ether oxygens (including phenoxy) is 1. The predicted molar refractivity (Wildman–Crippen MR) is 111 cm³/mol. The zero-order valence-electron chi connectivity index (χ0n) is 15.8. The smallest absolute Gasteiger partial charge is 0.124 e. The Kier molecular flexibility index (Phi) is 7.22. The maximum atomic E-state index is 9.30. The molecule has 3 aromatic carbocycles. The van der Waals surface area contributed by atoms with Crippen LogP contribution in [0.1, 0.15) is 18.1 Å². The molecular formula is C23H28N2O2. The first-order valence-electron chi connectivity index (χ1n) is 9.51. The molecule has 0 saturated heterocycles. The van der Waals surface area contributed by atoms with Crippen LogP contribution in [0, 0.1) is 0 Å². The minimum atomic E-state index is -0.318. The summed E-state index contributed by atoms with van der Waals surface area (Å²) in [6, 6.07) is 22.8. The van der Waals surface area contributed by atoms with Gasteiger partial charge in [-0.1, -0.05) is 60.7 Å². The summed E-state index contributed by atoms with van der Waals surface area (Å²) >= 11 is 0. The third kappa shape index (κ3) is 5.79. The van der Waals surface area contributed by atoms with Crippen LogP contribution in [0.5, 0.6) is 5.75 Å². The Hall–Kier alpha value is -2.40. The van der Waals surface area contributed by atoms with Gasteiger partial charge < -0.3 is 20.5 Å². The third-order valence-electron chi connectivity index (χ3n) is 4.45. The number of aliphatic hydroxyl groups is 1. The first kappa shape index (κ1) is 19.4. The molecule has 0 aliphatic heterocycles. The molecule has 3 aromatic rings. The molecule has 0 radical (unpaired) electrons. The second kappa shape index (κ2) is 10.1. The molecule has 142 valence electrons. The summed E-state index contributed by atoms with van der Waals surface area (Å²) < 4.78 is 6.15. The average molecular weight is 364 g/mol. The van der Waals surface area contributed by atoms with Crippen LogP contribution in [0.15, 0.2) is 66.7 Å². The monoisotopic (exact) mass is 364 g/mol. The predicted octanol–water partition coefficient (Wildman–Crippen LogP) is 3.48. The largest absolute Gasteiger partial charge is 0.489 e. The number of hydrogen-bond acceptors (Lipinski definition) is 4. The van der Waals surface area contributed by atoms with Crippen molar-refractivity contribution in [2.24, 2.45) is 0 Å². The Bertz CT molecular complexity index is 834. The fraction of sp³-hybridized carbons (Fsp3) is 0.304. The van der Waals surface area contributed by atoms with E-state index < -0.39 is 0 Å². The van der Waals surface area contributed by atoms with Gasteiger partial charge >= 0.3 is 0 Å². The van der Waals surface area contributed by atoms with Gasteiger partial charge in [0.25, 0.3) is 0 Å². The lowest BCUT2D eigenvalue weighted by Gasteiger charge is -2.15. The van der Waals surface area contributed by atoms with E-state index in [1.165, 1.54) is 16.3 Å². The van der Waals surface area contributed by atoms with Gasteiger partial charge in [-0.2, -0.15) is 0 Å². The molecule has 0 heterocycles. The fourth-order valence-corrected chi connectivity index (χ4v) is 3.07. The number of fused-ring (bicyclic) bond motifs is 1. The van der Waals surface area contributed by atoms with E-state index in [0.717, 1.165) is 30.9 Å². The van der Waals surface area contributed by atoms with Crippen molar-refractivity contribution in [1.29, 1.82) is 0 Å². The lowest BCUT2D eigenvalue weighted by molar-refractivity contribution is 0.191. The Balaban J connectivity index is 1.68. The van der Waals surface area contributed by atoms with Gasteiger partial charge in [-0.05, 0) is 29.3 Å². The number of benzene rings is 3. The van der Waals surface area contributed by atoms with Crippen molar-refractivity contribution in [2.45, 2.75) is 26.2 Å². The molecular weight excluding hydrogens is 336 g/mol. The number of nitrogens with one attached hydrogen (secondary N) is 2. The quantitative estimate of drug-likeness (QED) is 0.482. The van der Waals surface area contributed by atoms with Crippen LogP contribution in [0.3, 0.4) is 0 Å². The topological polar surface area (TPSA) is 53.5 Å². The molecule has 3 rings (SSSR count). The molecule has 0 saturated carbocycles. The first-order chi connectivity index (χ1) is 13.2. The highest BCUT2D eigenvalue weighted by Gasteiger charge is 2.09. The van der Waals surface area contributed by atoms with Gasteiger partial charge in [0.2, 0.25) is 0 Å². The van der Waals surface area contributed by atoms with Crippen molar-refractivity contribution in [3.05, 3.63) is 77.9 Å². The van der Waals surface area contributed by atoms with E-state index in [9.17, 15) is 5.11 Å². The van der Waals surface area contributed by atoms with Gasteiger partial charge in [-0.3, -0.25) is 0 Å². The van der Waals surface area contributed by atoms with Gasteiger partial charge in [-0.15, -0.1) is 0 Å². The van der Waals surface area contributed by atoms with Crippen LogP contribution < -0.4 is 15.4 Å². The average Bonchev–Trinajstić information content (AvgIpc) is 2.70. The lowest BCUT2D eigenvalue weighted by atomic mass is 10.0. The highest BCUT2D eigenvalue weighted by atomic mass is 16.5. The molecule has 0 fully saturated rings. The Morgan fingerprint density at radius 1 is 0.889 bits per heavy atom. The first-order valence-corrected chi connectivity index (χ1v) is 9.51. The highest BCUT2D eigenvalue weighted by Crippen LogP contribution is 2.28. The summed E-state index contributed by atoms with van der Waals surface area (Å²) in [5.41, 5.74) is 2.34. The van der Waals surface area contributed by atoms with E-state index in [-0.39, 0.29) is 6.10 Å². The summed E-state index contributed by atoms with van der Waals surface area (Å²) in [5, 5.41) is 18.4. The van der Waals surface area contributed by atoms with Gasteiger partial charge in [-0.25, -0.2) is 0 Å². The van der Waals surface area contributed by atoms with Crippen LogP contribution in [0.25, 0.3) is 10.8 Å². The van der Waals surface area contributed by atoms with Gasteiger partial charge in [0, 0.05) is 31.7 Å². The third-order valence-corrected chi connectivity index (χ3v) is 4.45. The van der Waals surface area contributed by atoms with E-state index in [2.05, 4.69) is 59.2 Å². The molecule has 0 aromatic heterocycles. The molecule has 0 aliphatic carbocycles. The fourth-order valence-electron chi connectivity index (χ4n) is 3.07. The minimum Gasteiger partial charge on any atom is -0.489 e. The molecule has 3 N–H and O–H groups in total. The summed E-state index contributed by atoms with van der Waals surface area (Å²) in [5.74, 6) is 0.919. The number of aliphatic hydroxyl groups excluding tert-OH is 1. The molecule has 4 nitrogen and oxygen atoms in total. The Morgan fingerprint density at radius 3 is 2.44 bits per heavy atom. The van der Waals surface area contributed by atoms with Crippen molar-refractivity contribution in [3.63, 3.8) is 0 Å². The van der Waals surface area contributed by atoms with Gasteiger partial charge in [0.1, 0.15) is 12.4 Å². The number of hydrogen-bond donors (Lipinski definition) is 3. The standard InChI is InChI=1S/C23H28N2O2/c1-18(26)15-24-13-14-25-16-22-21-10-6-5-9-20(21)11-12-23(22)27-17-19-7-3-2-4-8-19/h2-12,18,24-26H,13-17H2,1H3/t18-/m0/s1. The Morgan fingerprint density at radius 2 is 1.63 bits per heavy atom. The van der Waals surface area contributed by atoms with Crippen LogP contribution in [0.2, 0.25) is 0 Å². The normalized spacial score (nSPS) is 12.2. The molecule has 27 heavy (non-hydrogen) atoms. The molecule has 0 amide bonds. The summed E-state index contributed by atoms with van der Waals surface area (Å²) in [6.07, 6.45) is -0.318. The van der Waals surface area contributed by atoms with E-state index in [1.807, 2.05) is 18.2 Å². The summed E-state index contributed by atoms with van der Waals surface area (Å²) in [6.45, 7) is 5.34. The van der Waals surface area contributed by atoms with Crippen LogP contribution >= 0.6 is 0 Å². The van der Waals surface area contributed by atoms with E-state index >= 15 is 0 Å². The van der Waals surface area contributed by atoms with Crippen molar-refractivity contribution >= 4 is 10.8 Å². The van der Waals surface area contributed by atoms with Crippen molar-refractivity contribution in [2.75, 3.05) is 19.6 Å². The lowest BCUT2D eigenvalue weighted by Crippen LogP contribution is -2.31. The van der Waals surface area contributed by atoms with Crippen molar-refractivity contribution < 1.29 is 9.84 Å². The Labute approximate surface area is 161 Å². The zero-order chi connectivity index (χ0) is 18.9. The van der Waals surface area contributed by atoms with Crippen LogP contribution in [0.4, 0.5) is 0 Å². The molecule has 0 bridgehead atoms. The summed E-state index contributed by atoms with van der Waals surface area (Å²) in [4.78, 5) is 0. The second-order valence-corrected chi connectivity index (χ2v) is 6.77.